The van der Waals surface area contributed by atoms with Gasteiger partial charge in [0.1, 0.15) is 11.7 Å². The van der Waals surface area contributed by atoms with Gasteiger partial charge >= 0.3 is 5.69 Å². The molecule has 0 aliphatic heterocycles. The maximum Gasteiger partial charge on any atom is 0.350 e. The van der Waals surface area contributed by atoms with E-state index >= 15 is 0 Å². The van der Waals surface area contributed by atoms with Gasteiger partial charge in [-0.3, -0.25) is 15.2 Å². The van der Waals surface area contributed by atoms with Crippen molar-refractivity contribution >= 4 is 11.8 Å². The summed E-state index contributed by atoms with van der Waals surface area (Å²) in [6, 6.07) is 11.9. The van der Waals surface area contributed by atoms with Crippen LogP contribution in [-0.2, 0) is 11.2 Å². The van der Waals surface area contributed by atoms with Crippen molar-refractivity contribution in [3.63, 3.8) is 0 Å². The number of ether oxygens (including phenoxy) is 2. The normalized spacial score (nSPS) is 11.2. The first-order valence-corrected chi connectivity index (χ1v) is 11.2. The first kappa shape index (κ1) is 27.5. The van der Waals surface area contributed by atoms with Crippen LogP contribution in [0.25, 0.3) is 5.95 Å². The lowest BCUT2D eigenvalue weighted by atomic mass is 9.90. The van der Waals surface area contributed by atoms with Crippen LogP contribution in [0.3, 0.4) is 0 Å². The molecule has 2 aromatic carbocycles. The summed E-state index contributed by atoms with van der Waals surface area (Å²) in [5, 5.41) is 19.4. The number of aromatic amines is 1. The van der Waals surface area contributed by atoms with Gasteiger partial charge in [-0.2, -0.15) is 4.39 Å². The zero-order valence-electron chi connectivity index (χ0n) is 20.8. The van der Waals surface area contributed by atoms with Crippen molar-refractivity contribution in [2.75, 3.05) is 14.2 Å². The van der Waals surface area contributed by atoms with Gasteiger partial charge in [0.2, 0.25) is 5.82 Å². The molecular formula is C25H26FN7O5. The summed E-state index contributed by atoms with van der Waals surface area (Å²) in [6.45, 7) is 1.08. The molecule has 0 radical (unpaired) electrons. The summed E-state index contributed by atoms with van der Waals surface area (Å²) < 4.78 is 26.0. The molecule has 198 valence electrons. The lowest BCUT2D eigenvalue weighted by Crippen LogP contribution is -2.18. The summed E-state index contributed by atoms with van der Waals surface area (Å²) in [7, 11) is 2.72. The van der Waals surface area contributed by atoms with Crippen molar-refractivity contribution in [2.24, 2.45) is 5.73 Å². The van der Waals surface area contributed by atoms with E-state index in [0.717, 1.165) is 17.2 Å². The van der Waals surface area contributed by atoms with E-state index in [1.54, 1.807) is 30.3 Å². The van der Waals surface area contributed by atoms with Gasteiger partial charge in [-0.25, -0.2) is 14.8 Å². The maximum atomic E-state index is 14.6. The molecule has 4 aromatic rings. The number of carbonyl (C=O) groups is 1. The summed E-state index contributed by atoms with van der Waals surface area (Å²) in [4.78, 5) is 32.6. The molecule has 0 aliphatic carbocycles. The van der Waals surface area contributed by atoms with Crippen LogP contribution in [0.2, 0.25) is 0 Å². The SMILES string of the molecule is CC(=O)O.COc1cc(C(Cc2ccc(C(=N)N)cc2)c2nn(-c3ncccn3)c(=O)[nH]2)cc(OC)c1F. The molecule has 0 aliphatic rings. The molecule has 0 saturated heterocycles. The first-order chi connectivity index (χ1) is 18.1. The lowest BCUT2D eigenvalue weighted by molar-refractivity contribution is -0.134. The Morgan fingerprint density at radius 1 is 1.16 bits per heavy atom. The Morgan fingerprint density at radius 2 is 1.71 bits per heavy atom. The quantitative estimate of drug-likeness (QED) is 0.199. The van der Waals surface area contributed by atoms with Crippen LogP contribution in [0, 0.1) is 11.2 Å². The molecular weight excluding hydrogens is 497 g/mol. The van der Waals surface area contributed by atoms with Gasteiger partial charge in [0, 0.05) is 30.8 Å². The van der Waals surface area contributed by atoms with Crippen molar-refractivity contribution in [3.05, 3.63) is 93.7 Å². The smallest absolute Gasteiger partial charge is 0.350 e. The summed E-state index contributed by atoms with van der Waals surface area (Å²) in [6.07, 6.45) is 3.40. The van der Waals surface area contributed by atoms with E-state index in [9.17, 15) is 9.18 Å². The number of nitrogens with one attached hydrogen (secondary N) is 2. The number of carboxylic acids is 1. The second kappa shape index (κ2) is 12.3. The van der Waals surface area contributed by atoms with Crippen LogP contribution in [-0.4, -0.2) is 55.9 Å². The molecule has 4 rings (SSSR count). The number of benzene rings is 2. The Bertz CT molecular complexity index is 1440. The molecule has 1 unspecified atom stereocenters. The zero-order valence-corrected chi connectivity index (χ0v) is 20.8. The van der Waals surface area contributed by atoms with E-state index in [2.05, 4.69) is 20.1 Å². The Kier molecular flexibility index (Phi) is 8.87. The van der Waals surface area contributed by atoms with Crippen molar-refractivity contribution in [2.45, 2.75) is 19.3 Å². The fraction of sp³-hybridized carbons (Fsp3) is 0.200. The minimum Gasteiger partial charge on any atom is -0.494 e. The fourth-order valence-corrected chi connectivity index (χ4v) is 3.55. The van der Waals surface area contributed by atoms with Crippen LogP contribution in [0.15, 0.2) is 59.7 Å². The van der Waals surface area contributed by atoms with E-state index in [0.29, 0.717) is 23.4 Å². The molecule has 1 atom stereocenters. The maximum absolute atomic E-state index is 14.6. The molecule has 0 saturated carbocycles. The predicted octanol–water partition coefficient (Wildman–Crippen LogP) is 2.26. The first-order valence-electron chi connectivity index (χ1n) is 11.2. The Labute approximate surface area is 216 Å². The second-order valence-corrected chi connectivity index (χ2v) is 7.90. The monoisotopic (exact) mass is 523 g/mol. The lowest BCUT2D eigenvalue weighted by Gasteiger charge is -2.18. The minimum absolute atomic E-state index is 0.000509. The standard InChI is InChI=1S/C23H22FN7O3.C2H4O2/c1-33-17-11-15(12-18(34-2)19(17)24)16(10-13-4-6-14(7-5-13)20(25)26)21-29-23(32)31(30-21)22-27-8-3-9-28-22;1-2(3)4/h3-9,11-12,16H,10H2,1-2H3,(H3,25,26)(H,29,30,32);1H3,(H,3,4). The van der Waals surface area contributed by atoms with E-state index < -0.39 is 23.4 Å². The molecule has 0 spiro atoms. The number of aliphatic carboxylic acids is 1. The number of rotatable bonds is 8. The van der Waals surface area contributed by atoms with Gasteiger partial charge in [0.15, 0.2) is 11.5 Å². The van der Waals surface area contributed by atoms with Crippen LogP contribution in [0.4, 0.5) is 4.39 Å². The molecule has 2 aromatic heterocycles. The van der Waals surface area contributed by atoms with Crippen molar-refractivity contribution in [1.29, 1.82) is 5.41 Å². The number of hydrogen-bond acceptors (Lipinski definition) is 8. The third-order valence-electron chi connectivity index (χ3n) is 5.28. The second-order valence-electron chi connectivity index (χ2n) is 7.90. The highest BCUT2D eigenvalue weighted by atomic mass is 19.1. The average molecular weight is 524 g/mol. The number of hydrogen-bond donors (Lipinski definition) is 4. The van der Waals surface area contributed by atoms with Gasteiger partial charge < -0.3 is 20.3 Å². The third-order valence-corrected chi connectivity index (χ3v) is 5.28. The van der Waals surface area contributed by atoms with Crippen LogP contribution >= 0.6 is 0 Å². The highest BCUT2D eigenvalue weighted by molar-refractivity contribution is 5.94. The molecule has 12 nitrogen and oxygen atoms in total. The highest BCUT2D eigenvalue weighted by Crippen LogP contribution is 2.35. The number of halogens is 1. The molecule has 5 N–H and O–H groups in total. The van der Waals surface area contributed by atoms with Crippen LogP contribution < -0.4 is 20.9 Å². The molecule has 0 fully saturated rings. The number of nitrogens with zero attached hydrogens (tertiary/aromatic N) is 4. The molecule has 2 heterocycles. The Morgan fingerprint density at radius 3 is 2.21 bits per heavy atom. The average Bonchev–Trinajstić information content (AvgIpc) is 3.29. The van der Waals surface area contributed by atoms with E-state index in [4.69, 9.17) is 30.5 Å². The predicted molar refractivity (Wildman–Crippen MR) is 136 cm³/mol. The van der Waals surface area contributed by atoms with Gasteiger partial charge in [-0.1, -0.05) is 24.3 Å². The molecule has 13 heteroatoms. The van der Waals surface area contributed by atoms with Gasteiger partial charge in [0.25, 0.3) is 11.9 Å². The summed E-state index contributed by atoms with van der Waals surface area (Å²) >= 11 is 0. The van der Waals surface area contributed by atoms with Crippen LogP contribution in [0.5, 0.6) is 11.5 Å². The van der Waals surface area contributed by atoms with E-state index in [-0.39, 0.29) is 23.3 Å². The molecule has 38 heavy (non-hydrogen) atoms. The highest BCUT2D eigenvalue weighted by Gasteiger charge is 2.24. The fourth-order valence-electron chi connectivity index (χ4n) is 3.55. The van der Waals surface area contributed by atoms with Crippen molar-refractivity contribution in [3.8, 4) is 17.4 Å². The Balaban J connectivity index is 0.000000934. The summed E-state index contributed by atoms with van der Waals surface area (Å²) in [5.74, 6) is -1.57. The summed E-state index contributed by atoms with van der Waals surface area (Å²) in [5.41, 5.74) is 7.12. The number of H-pyrrole nitrogens is 1. The van der Waals surface area contributed by atoms with Crippen molar-refractivity contribution in [1.82, 2.24) is 24.7 Å². The zero-order chi connectivity index (χ0) is 27.8. The van der Waals surface area contributed by atoms with E-state index in [1.807, 2.05) is 12.1 Å². The number of amidine groups is 1. The topological polar surface area (TPSA) is 182 Å². The molecule has 0 bridgehead atoms. The number of methoxy groups -OCH3 is 2. The van der Waals surface area contributed by atoms with Gasteiger partial charge in [-0.05, 0) is 35.7 Å². The van der Waals surface area contributed by atoms with E-state index in [1.165, 1.54) is 26.6 Å². The largest absolute Gasteiger partial charge is 0.494 e. The van der Waals surface area contributed by atoms with Crippen molar-refractivity contribution < 1.29 is 23.8 Å². The number of aromatic nitrogens is 5. The number of carboxylic acid groups (broad SMARTS) is 1. The van der Waals surface area contributed by atoms with Gasteiger partial charge in [0.05, 0.1) is 14.2 Å². The minimum atomic E-state index is -0.833. The number of nitrogen functional groups attached to an aromatic ring is 1. The number of nitrogens with two attached hydrogens (primary N) is 1. The van der Waals surface area contributed by atoms with Crippen LogP contribution in [0.1, 0.15) is 35.4 Å². The van der Waals surface area contributed by atoms with Gasteiger partial charge in [-0.15, -0.1) is 9.78 Å². The Hall–Kier alpha value is -5.07. The third kappa shape index (κ3) is 6.57. The molecule has 0 amide bonds.